The third-order valence-electron chi connectivity index (χ3n) is 5.47. The van der Waals surface area contributed by atoms with Crippen molar-refractivity contribution in [1.29, 1.82) is 0 Å². The van der Waals surface area contributed by atoms with Crippen LogP contribution in [0.4, 0.5) is 5.69 Å². The molecular weight excluding hydrogens is 432 g/mol. The molecule has 2 amide bonds. The minimum atomic E-state index is -0.121. The molecule has 0 saturated heterocycles. The number of aromatic nitrogens is 6. The number of imidazole rings is 1. The monoisotopic (exact) mass is 454 g/mol. The van der Waals surface area contributed by atoms with E-state index in [4.69, 9.17) is 4.98 Å². The van der Waals surface area contributed by atoms with Crippen LogP contribution in [0.3, 0.4) is 0 Å². The van der Waals surface area contributed by atoms with Gasteiger partial charge in [-0.05, 0) is 24.3 Å². The summed E-state index contributed by atoms with van der Waals surface area (Å²) in [6.45, 7) is 1.79. The summed E-state index contributed by atoms with van der Waals surface area (Å²) in [6, 6.07) is 9.26. The van der Waals surface area contributed by atoms with E-state index in [-0.39, 0.29) is 11.8 Å². The number of aromatic amines is 2. The summed E-state index contributed by atoms with van der Waals surface area (Å²) < 4.78 is 0. The highest BCUT2D eigenvalue weighted by Crippen LogP contribution is 2.30. The van der Waals surface area contributed by atoms with Crippen LogP contribution in [-0.4, -0.2) is 60.9 Å². The zero-order valence-electron chi connectivity index (χ0n) is 18.9. The molecule has 10 heteroatoms. The summed E-state index contributed by atoms with van der Waals surface area (Å²) in [5.41, 5.74) is 5.29. The lowest BCUT2D eigenvalue weighted by atomic mass is 10.1. The van der Waals surface area contributed by atoms with Gasteiger partial charge in [0, 0.05) is 44.0 Å². The third kappa shape index (κ3) is 3.75. The minimum Gasteiger partial charge on any atom is -0.345 e. The van der Waals surface area contributed by atoms with Gasteiger partial charge in [-0.25, -0.2) is 9.97 Å². The Bertz CT molecular complexity index is 1550. The molecule has 0 aliphatic carbocycles. The van der Waals surface area contributed by atoms with Gasteiger partial charge >= 0.3 is 0 Å². The van der Waals surface area contributed by atoms with Crippen molar-refractivity contribution in [3.63, 3.8) is 0 Å². The van der Waals surface area contributed by atoms with E-state index in [1.165, 1.54) is 4.90 Å². The van der Waals surface area contributed by atoms with Gasteiger partial charge in [-0.2, -0.15) is 5.10 Å². The molecule has 10 nitrogen and oxygen atoms in total. The highest BCUT2D eigenvalue weighted by atomic mass is 16.2. The van der Waals surface area contributed by atoms with Crippen LogP contribution >= 0.6 is 0 Å². The van der Waals surface area contributed by atoms with Gasteiger partial charge in [0.2, 0.25) is 5.91 Å². The number of para-hydroxylation sites is 1. The fraction of sp³-hybridized carbons (Fsp3) is 0.167. The molecule has 0 saturated carbocycles. The molecule has 3 N–H and O–H groups in total. The Labute approximate surface area is 194 Å². The van der Waals surface area contributed by atoms with E-state index in [0.717, 1.165) is 22.0 Å². The molecule has 0 aliphatic heterocycles. The van der Waals surface area contributed by atoms with E-state index in [1.54, 1.807) is 45.7 Å². The van der Waals surface area contributed by atoms with E-state index < -0.39 is 0 Å². The summed E-state index contributed by atoms with van der Waals surface area (Å²) in [4.78, 5) is 42.6. The molecule has 0 fully saturated rings. The zero-order chi connectivity index (χ0) is 23.8. The Morgan fingerprint density at radius 3 is 2.71 bits per heavy atom. The van der Waals surface area contributed by atoms with Crippen molar-refractivity contribution in [2.75, 3.05) is 19.4 Å². The van der Waals surface area contributed by atoms with Crippen molar-refractivity contribution in [2.24, 2.45) is 0 Å². The van der Waals surface area contributed by atoms with Crippen molar-refractivity contribution in [3.05, 3.63) is 54.5 Å². The average Bonchev–Trinajstić information content (AvgIpc) is 3.47. The maximum atomic E-state index is 12.6. The van der Waals surface area contributed by atoms with Gasteiger partial charge < -0.3 is 15.2 Å². The quantitative estimate of drug-likeness (QED) is 0.372. The number of fused-ring (bicyclic) bond motifs is 2. The fourth-order valence-electron chi connectivity index (χ4n) is 3.72. The first kappa shape index (κ1) is 21.3. The fourth-order valence-corrected chi connectivity index (χ4v) is 3.72. The Balaban J connectivity index is 1.58. The molecule has 4 aromatic heterocycles. The summed E-state index contributed by atoms with van der Waals surface area (Å²) >= 11 is 0. The molecule has 0 radical (unpaired) electrons. The summed E-state index contributed by atoms with van der Waals surface area (Å²) in [6.07, 6.45) is 5.41. The van der Waals surface area contributed by atoms with Crippen LogP contribution in [0.2, 0.25) is 0 Å². The van der Waals surface area contributed by atoms with Crippen LogP contribution in [0.5, 0.6) is 0 Å². The number of carbonyl (C=O) groups excluding carboxylic acids is 2. The number of hydrogen-bond acceptors (Lipinski definition) is 6. The van der Waals surface area contributed by atoms with Gasteiger partial charge in [-0.1, -0.05) is 13.0 Å². The molecule has 170 valence electrons. The molecule has 0 atom stereocenters. The number of anilines is 1. The number of H-pyrrole nitrogens is 2. The number of benzene rings is 1. The van der Waals surface area contributed by atoms with E-state index in [0.29, 0.717) is 40.4 Å². The predicted molar refractivity (Wildman–Crippen MR) is 129 cm³/mol. The maximum Gasteiger partial charge on any atom is 0.255 e. The average molecular weight is 454 g/mol. The Kier molecular flexibility index (Phi) is 5.25. The number of rotatable bonds is 5. The third-order valence-corrected chi connectivity index (χ3v) is 5.47. The number of carbonyl (C=O) groups is 2. The Morgan fingerprint density at radius 2 is 1.91 bits per heavy atom. The van der Waals surface area contributed by atoms with Gasteiger partial charge in [0.15, 0.2) is 11.5 Å². The first-order chi connectivity index (χ1) is 16.4. The van der Waals surface area contributed by atoms with E-state index in [1.807, 2.05) is 24.3 Å². The van der Waals surface area contributed by atoms with Gasteiger partial charge in [-0.3, -0.25) is 19.7 Å². The Hall–Kier alpha value is -4.60. The minimum absolute atomic E-state index is 0.0818. The molecule has 5 aromatic rings. The molecule has 4 heterocycles. The molecule has 0 unspecified atom stereocenters. The number of nitrogens with one attached hydrogen (secondary N) is 3. The first-order valence-electron chi connectivity index (χ1n) is 10.7. The number of amides is 2. The topological polar surface area (TPSA) is 133 Å². The van der Waals surface area contributed by atoms with Gasteiger partial charge in [-0.15, -0.1) is 0 Å². The molecule has 0 aliphatic rings. The zero-order valence-corrected chi connectivity index (χ0v) is 18.9. The van der Waals surface area contributed by atoms with E-state index in [2.05, 4.69) is 30.5 Å². The number of pyridine rings is 2. The van der Waals surface area contributed by atoms with Gasteiger partial charge in [0.05, 0.1) is 28.4 Å². The van der Waals surface area contributed by atoms with Crippen LogP contribution in [0.15, 0.2) is 48.9 Å². The second kappa shape index (κ2) is 8.39. The molecule has 0 bridgehead atoms. The van der Waals surface area contributed by atoms with Crippen LogP contribution in [0, 0.1) is 0 Å². The van der Waals surface area contributed by atoms with Crippen LogP contribution < -0.4 is 5.32 Å². The first-order valence-corrected chi connectivity index (χ1v) is 10.7. The van der Waals surface area contributed by atoms with Crippen molar-refractivity contribution < 1.29 is 9.59 Å². The highest BCUT2D eigenvalue weighted by Gasteiger charge is 2.18. The second-order valence-corrected chi connectivity index (χ2v) is 8.04. The maximum absolute atomic E-state index is 12.6. The predicted octanol–water partition coefficient (Wildman–Crippen LogP) is 3.61. The van der Waals surface area contributed by atoms with Crippen molar-refractivity contribution in [1.82, 2.24) is 35.0 Å². The summed E-state index contributed by atoms with van der Waals surface area (Å²) in [7, 11) is 3.42. The largest absolute Gasteiger partial charge is 0.345 e. The lowest BCUT2D eigenvalue weighted by molar-refractivity contribution is -0.115. The van der Waals surface area contributed by atoms with Crippen LogP contribution in [0.25, 0.3) is 44.7 Å². The second-order valence-electron chi connectivity index (χ2n) is 8.04. The molecule has 1 aromatic carbocycles. The highest BCUT2D eigenvalue weighted by molar-refractivity contribution is 6.05. The number of hydrogen-bond donors (Lipinski definition) is 3. The normalized spacial score (nSPS) is 11.1. The SMILES string of the molecule is CCC(=O)Nc1cncc(-c2cnc3n[nH]c(-c4nc5c(C(=O)N(C)C)cccc5[nH]4)c3c2)c1. The van der Waals surface area contributed by atoms with Crippen LogP contribution in [0.1, 0.15) is 23.7 Å². The van der Waals surface area contributed by atoms with Crippen molar-refractivity contribution >= 4 is 39.6 Å². The summed E-state index contributed by atoms with van der Waals surface area (Å²) in [5.74, 6) is 0.351. The van der Waals surface area contributed by atoms with Crippen LogP contribution in [-0.2, 0) is 4.79 Å². The smallest absolute Gasteiger partial charge is 0.255 e. The summed E-state index contributed by atoms with van der Waals surface area (Å²) in [5, 5.41) is 10.9. The molecule has 0 spiro atoms. The van der Waals surface area contributed by atoms with Crippen molar-refractivity contribution in [2.45, 2.75) is 13.3 Å². The molecular formula is C24H22N8O2. The Morgan fingerprint density at radius 1 is 1.09 bits per heavy atom. The number of nitrogens with zero attached hydrogens (tertiary/aromatic N) is 5. The van der Waals surface area contributed by atoms with Gasteiger partial charge in [0.25, 0.3) is 5.91 Å². The van der Waals surface area contributed by atoms with E-state index >= 15 is 0 Å². The lowest BCUT2D eigenvalue weighted by Gasteiger charge is -2.09. The van der Waals surface area contributed by atoms with Crippen molar-refractivity contribution in [3.8, 4) is 22.6 Å². The standard InChI is InChI=1S/C24H22N8O2/c1-4-19(33)27-15-8-13(10-25-12-15)14-9-17-21(30-31-22(17)26-11-14)23-28-18-7-5-6-16(20(18)29-23)24(34)32(2)3/h5-12H,4H2,1-3H3,(H,27,33)(H,28,29)(H,26,30,31). The van der Waals surface area contributed by atoms with Gasteiger partial charge in [0.1, 0.15) is 11.2 Å². The molecule has 5 rings (SSSR count). The molecule has 34 heavy (non-hydrogen) atoms. The van der Waals surface area contributed by atoms with E-state index in [9.17, 15) is 9.59 Å². The lowest BCUT2D eigenvalue weighted by Crippen LogP contribution is -2.21.